The lowest BCUT2D eigenvalue weighted by Crippen LogP contribution is -2.45. The van der Waals surface area contributed by atoms with Crippen molar-refractivity contribution in [3.05, 3.63) is 60.2 Å². The lowest BCUT2D eigenvalue weighted by atomic mass is 10.2. The first-order chi connectivity index (χ1) is 10.1. The van der Waals surface area contributed by atoms with Crippen molar-refractivity contribution in [1.29, 1.82) is 0 Å². The molecule has 0 saturated carbocycles. The molecule has 0 heterocycles. The number of thiocarbonyl (C=S) groups is 2. The standard InChI is InChI=1S/C15H16N4S2/c1-11-7-5-6-10-13(11)17-15(21)19-18-14(20)16-12-8-3-2-4-9-12/h2-10H,1H3,(H2,16,18,20)(H2,17,19,21). The maximum atomic E-state index is 5.21. The van der Waals surface area contributed by atoms with Gasteiger partial charge in [-0.05, 0) is 55.1 Å². The second-order valence-electron chi connectivity index (χ2n) is 4.34. The van der Waals surface area contributed by atoms with Crippen LogP contribution >= 0.6 is 24.4 Å². The van der Waals surface area contributed by atoms with Crippen LogP contribution in [0.5, 0.6) is 0 Å². The van der Waals surface area contributed by atoms with Gasteiger partial charge in [-0.2, -0.15) is 0 Å². The molecule has 0 fully saturated rings. The van der Waals surface area contributed by atoms with Crippen LogP contribution in [0.3, 0.4) is 0 Å². The van der Waals surface area contributed by atoms with Crippen LogP contribution in [0.4, 0.5) is 11.4 Å². The van der Waals surface area contributed by atoms with Gasteiger partial charge >= 0.3 is 0 Å². The molecule has 2 aromatic carbocycles. The maximum absolute atomic E-state index is 5.21. The number of aryl methyl sites for hydroxylation is 1. The Morgan fingerprint density at radius 2 is 1.33 bits per heavy atom. The lowest BCUT2D eigenvalue weighted by molar-refractivity contribution is 0.885. The zero-order chi connectivity index (χ0) is 15.1. The van der Waals surface area contributed by atoms with Crippen LogP contribution in [-0.4, -0.2) is 10.2 Å². The average molecular weight is 316 g/mol. The molecule has 0 radical (unpaired) electrons. The number of anilines is 2. The smallest absolute Gasteiger partial charge is 0.189 e. The summed E-state index contributed by atoms with van der Waals surface area (Å²) in [5, 5.41) is 7.03. The average Bonchev–Trinajstić information content (AvgIpc) is 2.49. The summed E-state index contributed by atoms with van der Waals surface area (Å²) in [7, 11) is 0. The van der Waals surface area contributed by atoms with E-state index in [-0.39, 0.29) is 0 Å². The Morgan fingerprint density at radius 3 is 2.00 bits per heavy atom. The highest BCUT2D eigenvalue weighted by molar-refractivity contribution is 7.81. The molecule has 0 aromatic heterocycles. The van der Waals surface area contributed by atoms with Crippen molar-refractivity contribution in [1.82, 2.24) is 10.9 Å². The molecule has 0 bridgehead atoms. The number of nitrogens with one attached hydrogen (secondary N) is 4. The summed E-state index contributed by atoms with van der Waals surface area (Å²) in [4.78, 5) is 0. The van der Waals surface area contributed by atoms with Gasteiger partial charge in [-0.3, -0.25) is 10.9 Å². The second kappa shape index (κ2) is 7.56. The van der Waals surface area contributed by atoms with Crippen LogP contribution in [0.25, 0.3) is 0 Å². The second-order valence-corrected chi connectivity index (χ2v) is 5.16. The van der Waals surface area contributed by atoms with Crippen molar-refractivity contribution in [2.75, 3.05) is 10.6 Å². The Morgan fingerprint density at radius 1 is 0.762 bits per heavy atom. The molecule has 2 aromatic rings. The number of para-hydroxylation sites is 2. The van der Waals surface area contributed by atoms with Crippen molar-refractivity contribution in [2.24, 2.45) is 0 Å². The molecule has 4 N–H and O–H groups in total. The van der Waals surface area contributed by atoms with Gasteiger partial charge in [-0.15, -0.1) is 0 Å². The highest BCUT2D eigenvalue weighted by atomic mass is 32.1. The van der Waals surface area contributed by atoms with Gasteiger partial charge in [-0.1, -0.05) is 36.4 Å². The summed E-state index contributed by atoms with van der Waals surface area (Å²) in [6, 6.07) is 17.6. The molecule has 2 rings (SSSR count). The van der Waals surface area contributed by atoms with Gasteiger partial charge in [-0.25, -0.2) is 0 Å². The summed E-state index contributed by atoms with van der Waals surface area (Å²) in [5.41, 5.74) is 8.67. The third-order valence-corrected chi connectivity index (χ3v) is 3.12. The van der Waals surface area contributed by atoms with E-state index >= 15 is 0 Å². The van der Waals surface area contributed by atoms with Gasteiger partial charge in [0, 0.05) is 11.4 Å². The summed E-state index contributed by atoms with van der Waals surface area (Å²) < 4.78 is 0. The summed E-state index contributed by atoms with van der Waals surface area (Å²) in [6.45, 7) is 2.01. The van der Waals surface area contributed by atoms with E-state index < -0.39 is 0 Å². The first-order valence-corrected chi connectivity index (χ1v) is 7.21. The van der Waals surface area contributed by atoms with Gasteiger partial charge in [0.1, 0.15) is 0 Å². The van der Waals surface area contributed by atoms with Gasteiger partial charge in [0.05, 0.1) is 0 Å². The Kier molecular flexibility index (Phi) is 5.48. The van der Waals surface area contributed by atoms with Crippen molar-refractivity contribution >= 4 is 46.0 Å². The Bertz CT molecular complexity index is 629. The molecular weight excluding hydrogens is 300 g/mol. The first kappa shape index (κ1) is 15.2. The van der Waals surface area contributed by atoms with Crippen molar-refractivity contribution in [3.8, 4) is 0 Å². The highest BCUT2D eigenvalue weighted by Crippen LogP contribution is 2.12. The van der Waals surface area contributed by atoms with E-state index in [1.165, 1.54) is 0 Å². The molecule has 0 aliphatic rings. The molecule has 0 unspecified atom stereocenters. The zero-order valence-electron chi connectivity index (χ0n) is 11.5. The molecular formula is C15H16N4S2. The minimum absolute atomic E-state index is 0.440. The van der Waals surface area contributed by atoms with Crippen LogP contribution < -0.4 is 21.5 Å². The number of hydrogen-bond donors (Lipinski definition) is 4. The fourth-order valence-corrected chi connectivity index (χ4v) is 1.99. The van der Waals surface area contributed by atoms with E-state index in [0.29, 0.717) is 10.2 Å². The fraction of sp³-hybridized carbons (Fsp3) is 0.0667. The SMILES string of the molecule is Cc1ccccc1NC(=S)NNC(=S)Nc1ccccc1. The van der Waals surface area contributed by atoms with Gasteiger partial charge in [0.2, 0.25) is 0 Å². The minimum Gasteiger partial charge on any atom is -0.331 e. The predicted molar refractivity (Wildman–Crippen MR) is 96.3 cm³/mol. The van der Waals surface area contributed by atoms with Crippen LogP contribution in [0.2, 0.25) is 0 Å². The van der Waals surface area contributed by atoms with Gasteiger partial charge < -0.3 is 10.6 Å². The van der Waals surface area contributed by atoms with E-state index in [4.69, 9.17) is 24.4 Å². The first-order valence-electron chi connectivity index (χ1n) is 6.40. The van der Waals surface area contributed by atoms with Gasteiger partial charge in [0.25, 0.3) is 0 Å². The number of hydrogen-bond acceptors (Lipinski definition) is 2. The molecule has 0 aliphatic carbocycles. The zero-order valence-corrected chi connectivity index (χ0v) is 13.1. The molecule has 0 aliphatic heterocycles. The van der Waals surface area contributed by atoms with Crippen LogP contribution in [0, 0.1) is 6.92 Å². The third-order valence-electron chi connectivity index (χ3n) is 2.71. The lowest BCUT2D eigenvalue weighted by Gasteiger charge is -2.15. The summed E-state index contributed by atoms with van der Waals surface area (Å²) in [6.07, 6.45) is 0. The number of benzene rings is 2. The normalized spacial score (nSPS) is 9.57. The fourth-order valence-electron chi connectivity index (χ4n) is 1.66. The van der Waals surface area contributed by atoms with Crippen LogP contribution in [-0.2, 0) is 0 Å². The van der Waals surface area contributed by atoms with E-state index in [0.717, 1.165) is 16.9 Å². The number of hydrazine groups is 1. The summed E-state index contributed by atoms with van der Waals surface area (Å²) in [5.74, 6) is 0. The van der Waals surface area contributed by atoms with E-state index in [1.807, 2.05) is 61.5 Å². The Balaban J connectivity index is 1.79. The highest BCUT2D eigenvalue weighted by Gasteiger charge is 2.01. The molecule has 6 heteroatoms. The monoisotopic (exact) mass is 316 g/mol. The Labute approximate surface area is 134 Å². The van der Waals surface area contributed by atoms with Crippen molar-refractivity contribution in [2.45, 2.75) is 6.92 Å². The van der Waals surface area contributed by atoms with E-state index in [9.17, 15) is 0 Å². The Hall–Kier alpha value is -2.18. The number of rotatable bonds is 2. The van der Waals surface area contributed by atoms with Crippen LogP contribution in [0.15, 0.2) is 54.6 Å². The van der Waals surface area contributed by atoms with E-state index in [2.05, 4.69) is 21.5 Å². The topological polar surface area (TPSA) is 48.1 Å². The maximum Gasteiger partial charge on any atom is 0.189 e. The minimum atomic E-state index is 0.440. The third kappa shape index (κ3) is 5.02. The van der Waals surface area contributed by atoms with E-state index in [1.54, 1.807) is 0 Å². The van der Waals surface area contributed by atoms with Crippen molar-refractivity contribution < 1.29 is 0 Å². The molecule has 0 atom stereocenters. The van der Waals surface area contributed by atoms with Crippen molar-refractivity contribution in [3.63, 3.8) is 0 Å². The molecule has 108 valence electrons. The predicted octanol–water partition coefficient (Wildman–Crippen LogP) is 3.18. The molecule has 0 amide bonds. The molecule has 4 nitrogen and oxygen atoms in total. The molecule has 0 saturated heterocycles. The van der Waals surface area contributed by atoms with Gasteiger partial charge in [0.15, 0.2) is 10.2 Å². The van der Waals surface area contributed by atoms with Crippen LogP contribution in [0.1, 0.15) is 5.56 Å². The largest absolute Gasteiger partial charge is 0.331 e. The molecule has 21 heavy (non-hydrogen) atoms. The summed E-state index contributed by atoms with van der Waals surface area (Å²) >= 11 is 10.4. The molecule has 0 spiro atoms. The quantitative estimate of drug-likeness (QED) is 0.504.